The van der Waals surface area contributed by atoms with Crippen LogP contribution in [0.4, 0.5) is 10.5 Å². The van der Waals surface area contributed by atoms with Gasteiger partial charge in [-0.15, -0.1) is 0 Å². The Hall–Kier alpha value is -2.75. The topological polar surface area (TPSA) is 110 Å². The first-order valence-electron chi connectivity index (χ1n) is 7.96. The summed E-state index contributed by atoms with van der Waals surface area (Å²) in [7, 11) is 1.24. The molecule has 1 saturated heterocycles. The molecule has 11 heteroatoms. The fourth-order valence-electron chi connectivity index (χ4n) is 2.60. The van der Waals surface area contributed by atoms with E-state index in [-0.39, 0.29) is 22.8 Å². The molecule has 0 unspecified atom stereocenters. The Morgan fingerprint density at radius 2 is 1.97 bits per heavy atom. The molecule has 1 N–H and O–H groups in total. The second-order valence-corrected chi connectivity index (χ2v) is 7.67. The summed E-state index contributed by atoms with van der Waals surface area (Å²) < 4.78 is 4.93. The van der Waals surface area contributed by atoms with Crippen molar-refractivity contribution in [3.63, 3.8) is 0 Å². The first-order valence-corrected chi connectivity index (χ1v) is 9.53. The number of ether oxygens (including phenoxy) is 1. The second-order valence-electron chi connectivity index (χ2n) is 5.86. The molecule has 1 aliphatic rings. The van der Waals surface area contributed by atoms with E-state index in [2.05, 4.69) is 0 Å². The number of hydrogen-bond donors (Lipinski definition) is 1. The number of methoxy groups -OCH3 is 1. The summed E-state index contributed by atoms with van der Waals surface area (Å²) in [6, 6.07) is 7.19. The molecule has 0 radical (unpaired) electrons. The van der Waals surface area contributed by atoms with Crippen molar-refractivity contribution in [3.8, 4) is 11.5 Å². The maximum atomic E-state index is 12.7. The number of halogens is 2. The first kappa shape index (κ1) is 21.0. The lowest BCUT2D eigenvalue weighted by Crippen LogP contribution is -2.27. The van der Waals surface area contributed by atoms with Crippen molar-refractivity contribution in [1.29, 1.82) is 0 Å². The zero-order valence-corrected chi connectivity index (χ0v) is 17.0. The number of aromatic hydroxyl groups is 1. The number of carbonyl (C=O) groups is 2. The Morgan fingerprint density at radius 1 is 1.24 bits per heavy atom. The minimum absolute atomic E-state index is 0.00204. The smallest absolute Gasteiger partial charge is 0.315 e. The molecule has 0 atom stereocenters. The van der Waals surface area contributed by atoms with E-state index in [1.807, 2.05) is 0 Å². The Labute approximate surface area is 178 Å². The van der Waals surface area contributed by atoms with Crippen LogP contribution in [0, 0.1) is 10.1 Å². The monoisotopic (exact) mass is 454 g/mol. The van der Waals surface area contributed by atoms with Crippen LogP contribution in [0.25, 0.3) is 6.08 Å². The Morgan fingerprint density at radius 3 is 2.59 bits per heavy atom. The van der Waals surface area contributed by atoms with Crippen LogP contribution < -0.4 is 4.74 Å². The third-order valence-electron chi connectivity index (χ3n) is 3.99. The summed E-state index contributed by atoms with van der Waals surface area (Å²) in [5, 5.41) is 21.1. The number of phenolic OH excluding ortho intramolecular Hbond substituents is 1. The van der Waals surface area contributed by atoms with Gasteiger partial charge in [0.1, 0.15) is 0 Å². The molecule has 1 aliphatic heterocycles. The minimum atomic E-state index is -0.773. The van der Waals surface area contributed by atoms with E-state index in [9.17, 15) is 24.8 Å². The van der Waals surface area contributed by atoms with E-state index in [0.29, 0.717) is 27.4 Å². The zero-order chi connectivity index (χ0) is 21.3. The molecule has 1 fully saturated rings. The van der Waals surface area contributed by atoms with Gasteiger partial charge in [0, 0.05) is 6.07 Å². The van der Waals surface area contributed by atoms with Gasteiger partial charge in [-0.05, 0) is 47.2 Å². The highest BCUT2D eigenvalue weighted by Gasteiger charge is 2.35. The molecule has 150 valence electrons. The number of nitro benzene ring substituents is 1. The Balaban J connectivity index is 1.91. The highest BCUT2D eigenvalue weighted by Crippen LogP contribution is 2.39. The van der Waals surface area contributed by atoms with Gasteiger partial charge in [-0.25, -0.2) is 0 Å². The third kappa shape index (κ3) is 4.31. The summed E-state index contributed by atoms with van der Waals surface area (Å²) >= 11 is 12.5. The molecule has 2 amide bonds. The molecule has 2 aromatic rings. The van der Waals surface area contributed by atoms with Crippen LogP contribution >= 0.6 is 35.0 Å². The van der Waals surface area contributed by atoms with Crippen molar-refractivity contribution in [2.75, 3.05) is 7.11 Å². The number of benzene rings is 2. The van der Waals surface area contributed by atoms with Gasteiger partial charge in [0.2, 0.25) is 5.75 Å². The molecule has 2 aromatic carbocycles. The molecule has 3 rings (SSSR count). The molecule has 8 nitrogen and oxygen atoms in total. The number of carbonyl (C=O) groups excluding carboxylic acids is 2. The summed E-state index contributed by atoms with van der Waals surface area (Å²) in [4.78, 5) is 36.4. The molecule has 1 heterocycles. The fourth-order valence-corrected chi connectivity index (χ4v) is 3.76. The van der Waals surface area contributed by atoms with E-state index >= 15 is 0 Å². The average molecular weight is 455 g/mol. The van der Waals surface area contributed by atoms with Gasteiger partial charge in [-0.1, -0.05) is 29.3 Å². The first-order chi connectivity index (χ1) is 13.7. The largest absolute Gasteiger partial charge is 0.500 e. The lowest BCUT2D eigenvalue weighted by Gasteiger charge is -2.13. The van der Waals surface area contributed by atoms with Gasteiger partial charge in [-0.3, -0.25) is 24.6 Å². The number of hydrogen-bond acceptors (Lipinski definition) is 7. The molecule has 0 aliphatic carbocycles. The normalized spacial score (nSPS) is 15.3. The standard InChI is InChI=1S/C18H12Cl2N2O6S/c1-28-14-6-10(5-13(16(14)23)22(26)27)7-15-17(24)21(18(25)29-15)8-9-2-3-11(19)12(20)4-9/h2-7,23H,8H2,1H3/b15-7+. The van der Waals surface area contributed by atoms with Gasteiger partial charge in [-0.2, -0.15) is 0 Å². The lowest BCUT2D eigenvalue weighted by molar-refractivity contribution is -0.386. The Kier molecular flexibility index (Phi) is 6.02. The van der Waals surface area contributed by atoms with Crippen molar-refractivity contribution in [2.24, 2.45) is 0 Å². The van der Waals surface area contributed by atoms with Crippen molar-refractivity contribution < 1.29 is 24.4 Å². The van der Waals surface area contributed by atoms with E-state index in [1.54, 1.807) is 18.2 Å². The molecule has 0 bridgehead atoms. The van der Waals surface area contributed by atoms with Crippen LogP contribution in [0.2, 0.25) is 10.0 Å². The maximum Gasteiger partial charge on any atom is 0.315 e. The molecule has 0 spiro atoms. The van der Waals surface area contributed by atoms with E-state index in [4.69, 9.17) is 27.9 Å². The fraction of sp³-hybridized carbons (Fsp3) is 0.111. The van der Waals surface area contributed by atoms with Crippen LogP contribution in [0.3, 0.4) is 0 Å². The van der Waals surface area contributed by atoms with Crippen LogP contribution in [0.15, 0.2) is 35.2 Å². The summed E-state index contributed by atoms with van der Waals surface area (Å²) in [6.07, 6.45) is 1.33. The van der Waals surface area contributed by atoms with Crippen LogP contribution in [0.1, 0.15) is 11.1 Å². The molecule has 0 aromatic heterocycles. The molecular weight excluding hydrogens is 443 g/mol. The molecule has 0 saturated carbocycles. The predicted octanol–water partition coefficient (Wildman–Crippen LogP) is 4.85. The van der Waals surface area contributed by atoms with Gasteiger partial charge in [0.25, 0.3) is 11.1 Å². The van der Waals surface area contributed by atoms with Crippen molar-refractivity contribution in [1.82, 2.24) is 4.90 Å². The Bertz CT molecular complexity index is 1070. The summed E-state index contributed by atoms with van der Waals surface area (Å²) in [6.45, 7) is -0.00204. The second kappa shape index (κ2) is 8.32. The number of rotatable bonds is 5. The number of phenols is 1. The number of imide groups is 1. The quantitative estimate of drug-likeness (QED) is 0.390. The van der Waals surface area contributed by atoms with Gasteiger partial charge in [0.05, 0.1) is 33.5 Å². The van der Waals surface area contributed by atoms with Gasteiger partial charge < -0.3 is 9.84 Å². The number of nitro groups is 1. The van der Waals surface area contributed by atoms with Crippen LogP contribution in [-0.2, 0) is 11.3 Å². The number of nitrogens with zero attached hydrogens (tertiary/aromatic N) is 2. The molecular formula is C18H12Cl2N2O6S. The minimum Gasteiger partial charge on any atom is -0.500 e. The third-order valence-corrected chi connectivity index (χ3v) is 5.64. The van der Waals surface area contributed by atoms with Crippen molar-refractivity contribution in [2.45, 2.75) is 6.54 Å². The van der Waals surface area contributed by atoms with Crippen molar-refractivity contribution in [3.05, 3.63) is 66.5 Å². The van der Waals surface area contributed by atoms with Gasteiger partial charge in [0.15, 0.2) is 5.75 Å². The van der Waals surface area contributed by atoms with E-state index < -0.39 is 27.5 Å². The summed E-state index contributed by atoms with van der Waals surface area (Å²) in [5.41, 5.74) is 0.266. The van der Waals surface area contributed by atoms with Crippen LogP contribution in [-0.4, -0.2) is 33.2 Å². The highest BCUT2D eigenvalue weighted by atomic mass is 35.5. The predicted molar refractivity (Wildman–Crippen MR) is 109 cm³/mol. The highest BCUT2D eigenvalue weighted by molar-refractivity contribution is 8.18. The SMILES string of the molecule is COc1cc(/C=C2/SC(=O)N(Cc3ccc(Cl)c(Cl)c3)C2=O)cc([N+](=O)[O-])c1O. The maximum absolute atomic E-state index is 12.7. The lowest BCUT2D eigenvalue weighted by atomic mass is 10.1. The van der Waals surface area contributed by atoms with Crippen molar-refractivity contribution >= 4 is 57.9 Å². The zero-order valence-electron chi connectivity index (χ0n) is 14.7. The van der Waals surface area contributed by atoms with Gasteiger partial charge >= 0.3 is 5.69 Å². The van der Waals surface area contributed by atoms with E-state index in [1.165, 1.54) is 19.3 Å². The van der Waals surface area contributed by atoms with E-state index in [0.717, 1.165) is 11.0 Å². The molecule has 29 heavy (non-hydrogen) atoms. The number of thioether (sulfide) groups is 1. The summed E-state index contributed by atoms with van der Waals surface area (Å²) in [5.74, 6) is -1.30. The average Bonchev–Trinajstić information content (AvgIpc) is 2.93. The number of amides is 2. The van der Waals surface area contributed by atoms with Crippen LogP contribution in [0.5, 0.6) is 11.5 Å².